The zero-order chi connectivity index (χ0) is 25.2. The number of aromatic nitrogens is 2. The summed E-state index contributed by atoms with van der Waals surface area (Å²) in [5.74, 6) is 0. The number of thioether (sulfide) groups is 1. The lowest BCUT2D eigenvalue weighted by Crippen LogP contribution is -2.30. The highest BCUT2D eigenvalue weighted by molar-refractivity contribution is 8.04. The van der Waals surface area contributed by atoms with Gasteiger partial charge in [-0.3, -0.25) is 4.90 Å². The van der Waals surface area contributed by atoms with E-state index in [0.717, 1.165) is 40.8 Å². The van der Waals surface area contributed by atoms with Crippen molar-refractivity contribution in [3.05, 3.63) is 82.6 Å². The van der Waals surface area contributed by atoms with Gasteiger partial charge in [0.1, 0.15) is 18.2 Å². The molecule has 9 heteroatoms. The monoisotopic (exact) mass is 503 g/mol. The molecule has 0 aliphatic carbocycles. The maximum atomic E-state index is 9.82. The summed E-state index contributed by atoms with van der Waals surface area (Å²) in [6.07, 6.45) is 1.61. The van der Waals surface area contributed by atoms with E-state index in [2.05, 4.69) is 38.4 Å². The highest BCUT2D eigenvalue weighted by Crippen LogP contribution is 2.43. The molecule has 2 heterocycles. The molecule has 0 spiro atoms. The van der Waals surface area contributed by atoms with Gasteiger partial charge in [-0.15, -0.1) is 0 Å². The zero-order valence-corrected chi connectivity index (χ0v) is 21.3. The van der Waals surface area contributed by atoms with Crippen LogP contribution in [0.1, 0.15) is 16.8 Å². The molecule has 1 N–H and O–H groups in total. The summed E-state index contributed by atoms with van der Waals surface area (Å²) in [5, 5.41) is 13.9. The van der Waals surface area contributed by atoms with Gasteiger partial charge in [0.05, 0.1) is 29.6 Å². The summed E-state index contributed by atoms with van der Waals surface area (Å²) >= 11 is 1.52. The number of hydrogen-bond donors (Lipinski definition) is 1. The van der Waals surface area contributed by atoms with Crippen molar-refractivity contribution in [2.24, 2.45) is 0 Å². The second kappa shape index (κ2) is 13.0. The van der Waals surface area contributed by atoms with Crippen LogP contribution in [0.25, 0.3) is 5.57 Å². The lowest BCUT2D eigenvalue weighted by molar-refractivity contribution is 0.110. The van der Waals surface area contributed by atoms with Gasteiger partial charge in [-0.25, -0.2) is 4.98 Å². The fourth-order valence-electron chi connectivity index (χ4n) is 3.66. The predicted octanol–water partition coefficient (Wildman–Crippen LogP) is 4.56. The number of allylic oxidation sites excluding steroid dienone is 1. The minimum Gasteiger partial charge on any atom is -0.459 e. The first kappa shape index (κ1) is 25.7. The second-order valence-electron chi connectivity index (χ2n) is 8.13. The Hall–Kier alpha value is -3.42. The molecule has 3 aromatic rings. The smallest absolute Gasteiger partial charge is 0.317 e. The van der Waals surface area contributed by atoms with E-state index in [9.17, 15) is 5.26 Å². The van der Waals surface area contributed by atoms with Gasteiger partial charge in [-0.1, -0.05) is 48.2 Å². The number of methoxy groups -OCH3 is 2. The van der Waals surface area contributed by atoms with Crippen molar-refractivity contribution in [1.29, 1.82) is 5.26 Å². The Morgan fingerprint density at radius 3 is 2.42 bits per heavy atom. The van der Waals surface area contributed by atoms with Crippen molar-refractivity contribution < 1.29 is 14.2 Å². The van der Waals surface area contributed by atoms with Crippen LogP contribution in [0.15, 0.2) is 70.7 Å². The Morgan fingerprint density at radius 2 is 1.72 bits per heavy atom. The summed E-state index contributed by atoms with van der Waals surface area (Å²) in [5.41, 5.74) is 4.18. The van der Waals surface area contributed by atoms with E-state index in [1.165, 1.54) is 17.3 Å². The molecule has 186 valence electrons. The first-order valence-electron chi connectivity index (χ1n) is 11.6. The van der Waals surface area contributed by atoms with Crippen molar-refractivity contribution in [2.45, 2.75) is 18.0 Å². The van der Waals surface area contributed by atoms with Crippen molar-refractivity contribution >= 4 is 23.0 Å². The normalized spacial score (nSPS) is 13.7. The van der Waals surface area contributed by atoms with E-state index in [-0.39, 0.29) is 6.01 Å². The zero-order valence-electron chi connectivity index (χ0n) is 20.4. The van der Waals surface area contributed by atoms with Crippen LogP contribution < -0.4 is 10.1 Å². The van der Waals surface area contributed by atoms with E-state index < -0.39 is 0 Å². The highest BCUT2D eigenvalue weighted by Gasteiger charge is 2.21. The summed E-state index contributed by atoms with van der Waals surface area (Å²) in [4.78, 5) is 12.1. The maximum Gasteiger partial charge on any atom is 0.317 e. The molecule has 0 radical (unpaired) electrons. The van der Waals surface area contributed by atoms with Crippen molar-refractivity contribution in [3.63, 3.8) is 0 Å². The minimum atomic E-state index is 0.232. The number of rotatable bonds is 12. The molecule has 1 aromatic heterocycles. The second-order valence-corrected chi connectivity index (χ2v) is 9.18. The van der Waals surface area contributed by atoms with E-state index >= 15 is 0 Å². The van der Waals surface area contributed by atoms with Crippen LogP contribution in [0, 0.1) is 11.3 Å². The largest absolute Gasteiger partial charge is 0.459 e. The number of hydrogen-bond acceptors (Lipinski definition) is 9. The predicted molar refractivity (Wildman–Crippen MR) is 140 cm³/mol. The molecule has 8 nitrogen and oxygen atoms in total. The molecule has 0 unspecified atom stereocenters. The van der Waals surface area contributed by atoms with E-state index in [1.54, 1.807) is 26.5 Å². The molecule has 1 aliphatic heterocycles. The number of anilines is 1. The molecule has 0 amide bonds. The van der Waals surface area contributed by atoms with Gasteiger partial charge in [-0.2, -0.15) is 10.2 Å². The average molecular weight is 504 g/mol. The Balaban J connectivity index is 1.38. The van der Waals surface area contributed by atoms with E-state index in [0.29, 0.717) is 31.1 Å². The third-order valence-corrected chi connectivity index (χ3v) is 6.68. The van der Waals surface area contributed by atoms with Gasteiger partial charge in [0, 0.05) is 44.9 Å². The van der Waals surface area contributed by atoms with Gasteiger partial charge in [0.25, 0.3) is 0 Å². The molecule has 0 fully saturated rings. The number of nitriles is 1. The standard InChI is InChI=1S/C27H29N5O3S/c1-33-15-13-32(14-16-34-2)18-20-7-9-21(10-8-20)19-35-27-29-12-11-23(31-27)22(17-28)26-30-24-5-3-4-6-25(24)36-26/h3-12,30H,13-16,18-19H2,1-2H3/b26-22+. The molecular formula is C27H29N5O3S. The van der Waals surface area contributed by atoms with Crippen molar-refractivity contribution in [1.82, 2.24) is 14.9 Å². The fraction of sp³-hybridized carbons (Fsp3) is 0.296. The molecule has 0 bridgehead atoms. The van der Waals surface area contributed by atoms with Crippen LogP contribution in [-0.2, 0) is 22.6 Å². The molecule has 36 heavy (non-hydrogen) atoms. The first-order valence-corrected chi connectivity index (χ1v) is 12.4. The Bertz CT molecular complexity index is 1190. The number of nitrogens with zero attached hydrogens (tertiary/aromatic N) is 4. The van der Waals surface area contributed by atoms with Gasteiger partial charge in [0.15, 0.2) is 0 Å². The third-order valence-electron chi connectivity index (χ3n) is 5.60. The molecule has 0 saturated heterocycles. The quantitative estimate of drug-likeness (QED) is 0.357. The van der Waals surface area contributed by atoms with Crippen LogP contribution in [0.5, 0.6) is 6.01 Å². The molecule has 2 aromatic carbocycles. The molecule has 0 atom stereocenters. The van der Waals surface area contributed by atoms with Crippen molar-refractivity contribution in [2.75, 3.05) is 45.8 Å². The van der Waals surface area contributed by atoms with Crippen LogP contribution in [0.4, 0.5) is 5.69 Å². The summed E-state index contributed by atoms with van der Waals surface area (Å²) in [7, 11) is 3.43. The molecular weight excluding hydrogens is 474 g/mol. The van der Waals surface area contributed by atoms with Crippen LogP contribution >= 0.6 is 11.8 Å². The van der Waals surface area contributed by atoms with E-state index in [1.807, 2.05) is 36.4 Å². The molecule has 1 aliphatic rings. The summed E-state index contributed by atoms with van der Waals surface area (Å²) in [6.45, 7) is 4.21. The van der Waals surface area contributed by atoms with Gasteiger partial charge < -0.3 is 19.5 Å². The Morgan fingerprint density at radius 1 is 1.00 bits per heavy atom. The Kier molecular flexibility index (Phi) is 9.30. The minimum absolute atomic E-state index is 0.232. The van der Waals surface area contributed by atoms with Crippen LogP contribution in [-0.4, -0.2) is 55.4 Å². The topological polar surface area (TPSA) is 92.5 Å². The van der Waals surface area contributed by atoms with Crippen LogP contribution in [0.3, 0.4) is 0 Å². The molecule has 0 saturated carbocycles. The molecule has 4 rings (SSSR count). The lowest BCUT2D eigenvalue weighted by atomic mass is 10.1. The number of para-hydroxylation sites is 1. The Labute approximate surface area is 215 Å². The SMILES string of the molecule is COCCN(CCOC)Cc1ccc(COc2nccc(/C(C#N)=C3\Nc4ccccc4S3)n2)cc1. The van der Waals surface area contributed by atoms with Gasteiger partial charge in [-0.05, 0) is 29.3 Å². The highest BCUT2D eigenvalue weighted by atomic mass is 32.2. The first-order chi connectivity index (χ1) is 17.7. The van der Waals surface area contributed by atoms with Crippen molar-refractivity contribution in [3.8, 4) is 12.1 Å². The number of nitrogens with one attached hydrogen (secondary N) is 1. The lowest BCUT2D eigenvalue weighted by Gasteiger charge is -2.21. The fourth-order valence-corrected chi connectivity index (χ4v) is 4.67. The van der Waals surface area contributed by atoms with Gasteiger partial charge >= 0.3 is 6.01 Å². The summed E-state index contributed by atoms with van der Waals surface area (Å²) in [6, 6.07) is 20.5. The number of fused-ring (bicyclic) bond motifs is 1. The van der Waals surface area contributed by atoms with Crippen LogP contribution in [0.2, 0.25) is 0 Å². The third kappa shape index (κ3) is 6.83. The van der Waals surface area contributed by atoms with E-state index in [4.69, 9.17) is 14.2 Å². The number of benzene rings is 2. The summed E-state index contributed by atoms with van der Waals surface area (Å²) < 4.78 is 16.3. The number of ether oxygens (including phenoxy) is 3. The van der Waals surface area contributed by atoms with Gasteiger partial charge in [0.2, 0.25) is 0 Å². The maximum absolute atomic E-state index is 9.82. The average Bonchev–Trinajstić information content (AvgIpc) is 3.34.